The number of aromatic nitrogens is 5. The lowest BCUT2D eigenvalue weighted by Gasteiger charge is -2.34. The number of anilines is 1. The predicted molar refractivity (Wildman–Crippen MR) is 95.2 cm³/mol. The molecule has 122 valence electrons. The van der Waals surface area contributed by atoms with Crippen molar-refractivity contribution >= 4 is 16.9 Å². The van der Waals surface area contributed by atoms with Gasteiger partial charge in [0.05, 0.1) is 22.9 Å². The Morgan fingerprint density at radius 3 is 2.40 bits per heavy atom. The maximum Gasteiger partial charge on any atom is 0.155 e. The number of nitrogens with zero attached hydrogens (tertiary/aromatic N) is 5. The maximum absolute atomic E-state index is 4.62. The smallest absolute Gasteiger partial charge is 0.155 e. The van der Waals surface area contributed by atoms with E-state index in [2.05, 4.69) is 36.0 Å². The zero-order valence-electron chi connectivity index (χ0n) is 13.7. The van der Waals surface area contributed by atoms with E-state index >= 15 is 0 Å². The van der Waals surface area contributed by atoms with Crippen LogP contribution in [0.1, 0.15) is 29.3 Å². The molecule has 1 aliphatic rings. The van der Waals surface area contributed by atoms with Crippen molar-refractivity contribution in [3.63, 3.8) is 0 Å². The van der Waals surface area contributed by atoms with Crippen LogP contribution in [0.5, 0.6) is 0 Å². The second-order valence-electron chi connectivity index (χ2n) is 6.15. The van der Waals surface area contributed by atoms with E-state index in [1.807, 2.05) is 61.8 Å². The minimum Gasteiger partial charge on any atom is -0.357 e. The fourth-order valence-corrected chi connectivity index (χ4v) is 3.56. The summed E-state index contributed by atoms with van der Waals surface area (Å²) in [6.07, 6.45) is 5.71. The summed E-state index contributed by atoms with van der Waals surface area (Å²) in [6.45, 7) is 1.91. The van der Waals surface area contributed by atoms with Crippen molar-refractivity contribution in [1.82, 2.24) is 24.5 Å². The highest BCUT2D eigenvalue weighted by atomic mass is 15.2. The third-order valence-electron chi connectivity index (χ3n) is 4.58. The van der Waals surface area contributed by atoms with E-state index < -0.39 is 0 Å². The van der Waals surface area contributed by atoms with Gasteiger partial charge in [0.25, 0.3) is 0 Å². The summed E-state index contributed by atoms with van der Waals surface area (Å²) in [7, 11) is 0. The lowest BCUT2D eigenvalue weighted by Crippen LogP contribution is -2.30. The number of nitrogens with one attached hydrogen (secondary N) is 1. The first kappa shape index (κ1) is 14.1. The van der Waals surface area contributed by atoms with Gasteiger partial charge < -0.3 is 9.88 Å². The van der Waals surface area contributed by atoms with Crippen LogP contribution in [-0.2, 0) is 0 Å². The third-order valence-corrected chi connectivity index (χ3v) is 4.58. The van der Waals surface area contributed by atoms with Gasteiger partial charge in [0, 0.05) is 18.6 Å². The molecule has 4 aromatic heterocycles. The molecule has 1 aliphatic heterocycles. The maximum atomic E-state index is 4.62. The van der Waals surface area contributed by atoms with Gasteiger partial charge in [-0.3, -0.25) is 9.97 Å². The second kappa shape index (κ2) is 5.37. The van der Waals surface area contributed by atoms with Crippen molar-refractivity contribution in [1.29, 1.82) is 0 Å². The molecule has 0 saturated heterocycles. The van der Waals surface area contributed by atoms with E-state index in [0.717, 1.165) is 34.1 Å². The van der Waals surface area contributed by atoms with E-state index in [1.54, 1.807) is 0 Å². The largest absolute Gasteiger partial charge is 0.357 e. The quantitative estimate of drug-likeness (QED) is 0.611. The Morgan fingerprint density at radius 1 is 0.920 bits per heavy atom. The number of rotatable bonds is 2. The van der Waals surface area contributed by atoms with Gasteiger partial charge in [-0.15, -0.1) is 0 Å². The molecule has 1 unspecified atom stereocenters. The molecule has 0 amide bonds. The third kappa shape index (κ3) is 2.18. The van der Waals surface area contributed by atoms with Crippen LogP contribution in [0.15, 0.2) is 61.1 Å². The van der Waals surface area contributed by atoms with E-state index in [4.69, 9.17) is 0 Å². The molecule has 0 bridgehead atoms. The molecule has 0 spiro atoms. The zero-order valence-corrected chi connectivity index (χ0v) is 13.7. The van der Waals surface area contributed by atoms with Gasteiger partial charge in [-0.25, -0.2) is 9.97 Å². The number of aryl methyl sites for hydroxylation is 1. The topological polar surface area (TPSA) is 68.5 Å². The minimum absolute atomic E-state index is 0.0209. The Bertz CT molecular complexity index is 1040. The van der Waals surface area contributed by atoms with Crippen LogP contribution in [0.3, 0.4) is 0 Å². The van der Waals surface area contributed by atoms with Gasteiger partial charge in [-0.2, -0.15) is 0 Å². The first-order valence-corrected chi connectivity index (χ1v) is 8.25. The van der Waals surface area contributed by atoms with Crippen LogP contribution in [0.4, 0.5) is 5.82 Å². The van der Waals surface area contributed by atoms with Crippen molar-refractivity contribution in [3.8, 4) is 0 Å². The highest BCUT2D eigenvalue weighted by molar-refractivity contribution is 5.88. The molecule has 6 heteroatoms. The molecule has 6 nitrogen and oxygen atoms in total. The standard InChI is InChI=1S/C19H16N6/c1-12-22-15-8-11-25-17(14-7-3-5-10-21-14)16(13-6-2-4-9-20-13)24-19(23-12)18(15)25/h2-11,16-17H,1H3,(H,22,23,24)/t16?,17-/m0/s1. The lowest BCUT2D eigenvalue weighted by atomic mass is 9.98. The molecule has 25 heavy (non-hydrogen) atoms. The predicted octanol–water partition coefficient (Wildman–Crippen LogP) is 3.29. The summed E-state index contributed by atoms with van der Waals surface area (Å²) in [5.41, 5.74) is 3.89. The van der Waals surface area contributed by atoms with Gasteiger partial charge in [-0.1, -0.05) is 12.1 Å². The van der Waals surface area contributed by atoms with Crippen LogP contribution in [0.2, 0.25) is 0 Å². The van der Waals surface area contributed by atoms with Gasteiger partial charge in [0.2, 0.25) is 0 Å². The van der Waals surface area contributed by atoms with Gasteiger partial charge >= 0.3 is 0 Å². The summed E-state index contributed by atoms with van der Waals surface area (Å²) in [5.74, 6) is 1.60. The van der Waals surface area contributed by atoms with E-state index in [1.165, 1.54) is 0 Å². The average Bonchev–Trinajstić information content (AvgIpc) is 3.07. The molecule has 0 aromatic carbocycles. The van der Waals surface area contributed by atoms with Crippen LogP contribution < -0.4 is 5.32 Å². The van der Waals surface area contributed by atoms with Crippen LogP contribution in [0.25, 0.3) is 11.0 Å². The number of hydrogen-bond acceptors (Lipinski definition) is 5. The van der Waals surface area contributed by atoms with Crippen molar-refractivity contribution in [3.05, 3.63) is 78.3 Å². The summed E-state index contributed by atoms with van der Waals surface area (Å²) in [5, 5.41) is 3.58. The molecule has 0 saturated carbocycles. The lowest BCUT2D eigenvalue weighted by molar-refractivity contribution is 0.489. The van der Waals surface area contributed by atoms with Crippen molar-refractivity contribution in [2.75, 3.05) is 5.32 Å². The first-order chi connectivity index (χ1) is 12.3. The fourth-order valence-electron chi connectivity index (χ4n) is 3.56. The molecule has 1 N–H and O–H groups in total. The molecular weight excluding hydrogens is 312 g/mol. The fraction of sp³-hybridized carbons (Fsp3) is 0.158. The van der Waals surface area contributed by atoms with E-state index in [9.17, 15) is 0 Å². The number of hydrogen-bond donors (Lipinski definition) is 1. The molecular formula is C19H16N6. The van der Waals surface area contributed by atoms with Crippen LogP contribution >= 0.6 is 0 Å². The Kier molecular flexibility index (Phi) is 3.03. The van der Waals surface area contributed by atoms with Crippen LogP contribution in [0, 0.1) is 6.92 Å². The second-order valence-corrected chi connectivity index (χ2v) is 6.15. The Morgan fingerprint density at radius 2 is 1.68 bits per heavy atom. The summed E-state index contributed by atoms with van der Waals surface area (Å²) >= 11 is 0. The van der Waals surface area contributed by atoms with Crippen molar-refractivity contribution in [2.45, 2.75) is 19.0 Å². The first-order valence-electron chi connectivity index (χ1n) is 8.25. The molecule has 0 radical (unpaired) electrons. The highest BCUT2D eigenvalue weighted by Gasteiger charge is 2.34. The van der Waals surface area contributed by atoms with E-state index in [0.29, 0.717) is 0 Å². The summed E-state index contributed by atoms with van der Waals surface area (Å²) < 4.78 is 2.21. The van der Waals surface area contributed by atoms with E-state index in [-0.39, 0.29) is 12.1 Å². The monoisotopic (exact) mass is 328 g/mol. The average molecular weight is 328 g/mol. The van der Waals surface area contributed by atoms with Crippen molar-refractivity contribution < 1.29 is 0 Å². The van der Waals surface area contributed by atoms with Gasteiger partial charge in [-0.05, 0) is 37.3 Å². The molecule has 0 fully saturated rings. The Labute approximate surface area is 144 Å². The molecule has 0 aliphatic carbocycles. The normalized spacial score (nSPS) is 18.9. The summed E-state index contributed by atoms with van der Waals surface area (Å²) in [4.78, 5) is 18.4. The van der Waals surface area contributed by atoms with Crippen molar-refractivity contribution in [2.24, 2.45) is 0 Å². The highest BCUT2D eigenvalue weighted by Crippen LogP contribution is 2.41. The number of pyridine rings is 2. The SMILES string of the molecule is Cc1nc2c3c(ccn3[C@@H](c3ccccn3)C(c3ccccn3)N2)n1. The Balaban J connectivity index is 1.77. The summed E-state index contributed by atoms with van der Waals surface area (Å²) in [6, 6.07) is 13.9. The molecule has 4 aromatic rings. The Hall–Kier alpha value is -3.28. The zero-order chi connectivity index (χ0) is 16.8. The molecule has 5 heterocycles. The van der Waals surface area contributed by atoms with Gasteiger partial charge in [0.1, 0.15) is 17.4 Å². The van der Waals surface area contributed by atoms with Gasteiger partial charge in [0.15, 0.2) is 5.82 Å². The van der Waals surface area contributed by atoms with Crippen LogP contribution in [-0.4, -0.2) is 24.5 Å². The molecule has 2 atom stereocenters. The molecule has 5 rings (SSSR count). The minimum atomic E-state index is -0.0616.